The molecule has 35 heavy (non-hydrogen) atoms. The van der Waals surface area contributed by atoms with Crippen LogP contribution < -0.4 is 13.7 Å². The first kappa shape index (κ1) is 28.0. The highest BCUT2D eigenvalue weighted by atomic mass is 32.2. The van der Waals surface area contributed by atoms with Gasteiger partial charge in [-0.25, -0.2) is 4.79 Å². The van der Waals surface area contributed by atoms with Crippen molar-refractivity contribution < 1.29 is 36.8 Å². The Hall–Kier alpha value is -3.27. The maximum atomic E-state index is 12.2. The van der Waals surface area contributed by atoms with E-state index in [9.17, 15) is 18.3 Å². The summed E-state index contributed by atoms with van der Waals surface area (Å²) in [4.78, 5) is 16.9. The minimum absolute atomic E-state index is 0.0200. The Balaban J connectivity index is 2.28. The Kier molecular flexibility index (Phi) is 10.8. The number of carboxylic acids is 1. The quantitative estimate of drug-likeness (QED) is 0.157. The number of benzene rings is 2. The average Bonchev–Trinajstić information content (AvgIpc) is 2.79. The summed E-state index contributed by atoms with van der Waals surface area (Å²) in [6.45, 7) is 7.82. The summed E-state index contributed by atoms with van der Waals surface area (Å²) >= 11 is 0. The Morgan fingerprint density at radius 3 is 2.37 bits per heavy atom. The van der Waals surface area contributed by atoms with Gasteiger partial charge in [-0.2, -0.15) is 8.42 Å². The number of rotatable bonds is 15. The third-order valence-corrected chi connectivity index (χ3v) is 5.72. The molecule has 2 aromatic rings. The third kappa shape index (κ3) is 9.86. The van der Waals surface area contributed by atoms with Gasteiger partial charge in [0.1, 0.15) is 36.2 Å². The molecule has 0 aliphatic carbocycles. The van der Waals surface area contributed by atoms with Crippen LogP contribution in [0.2, 0.25) is 0 Å². The number of carboxylic acid groups (broad SMARTS) is 1. The van der Waals surface area contributed by atoms with E-state index in [0.29, 0.717) is 30.1 Å². The van der Waals surface area contributed by atoms with E-state index < -0.39 is 16.1 Å². The van der Waals surface area contributed by atoms with Crippen LogP contribution in [0.5, 0.6) is 17.2 Å². The Labute approximate surface area is 206 Å². The minimum Gasteiger partial charge on any atom is -0.491 e. The zero-order valence-corrected chi connectivity index (χ0v) is 21.3. The Morgan fingerprint density at radius 2 is 1.71 bits per heavy atom. The first-order valence-corrected chi connectivity index (χ1v) is 13.1. The SMILES string of the molecule is CCCCS(=O)(=O)Oc1cccc(/C(COc2cc(OC(C)C)cc(C(=O)O)c2)=N/OCCC)c1. The van der Waals surface area contributed by atoms with Gasteiger partial charge >= 0.3 is 16.1 Å². The first-order valence-electron chi connectivity index (χ1n) is 11.5. The van der Waals surface area contributed by atoms with E-state index in [0.717, 1.165) is 12.8 Å². The molecule has 0 fully saturated rings. The monoisotopic (exact) mass is 507 g/mol. The molecule has 1 N–H and O–H groups in total. The van der Waals surface area contributed by atoms with Gasteiger partial charge in [0.25, 0.3) is 0 Å². The first-order chi connectivity index (χ1) is 16.6. The molecule has 0 saturated heterocycles. The number of nitrogens with zero attached hydrogens (tertiary/aromatic N) is 1. The van der Waals surface area contributed by atoms with Gasteiger partial charge in [0, 0.05) is 11.6 Å². The highest BCUT2D eigenvalue weighted by Crippen LogP contribution is 2.25. The molecule has 2 rings (SSSR count). The van der Waals surface area contributed by atoms with E-state index in [1.165, 1.54) is 12.1 Å². The summed E-state index contributed by atoms with van der Waals surface area (Å²) in [5.41, 5.74) is 0.936. The summed E-state index contributed by atoms with van der Waals surface area (Å²) in [6, 6.07) is 10.9. The number of carbonyl (C=O) groups is 1. The van der Waals surface area contributed by atoms with Crippen molar-refractivity contribution in [1.29, 1.82) is 0 Å². The predicted molar refractivity (Wildman–Crippen MR) is 133 cm³/mol. The van der Waals surface area contributed by atoms with Gasteiger partial charge < -0.3 is 23.6 Å². The summed E-state index contributed by atoms with van der Waals surface area (Å²) < 4.78 is 41.1. The maximum absolute atomic E-state index is 12.2. The second-order valence-electron chi connectivity index (χ2n) is 8.05. The topological polar surface area (TPSA) is 121 Å². The van der Waals surface area contributed by atoms with E-state index in [1.807, 2.05) is 27.7 Å². The van der Waals surface area contributed by atoms with Gasteiger partial charge in [-0.15, -0.1) is 0 Å². The summed E-state index contributed by atoms with van der Waals surface area (Å²) in [5, 5.41) is 13.6. The van der Waals surface area contributed by atoms with Gasteiger partial charge in [-0.05, 0) is 51.0 Å². The normalized spacial score (nSPS) is 11.9. The van der Waals surface area contributed by atoms with E-state index in [-0.39, 0.29) is 35.5 Å². The second-order valence-corrected chi connectivity index (χ2v) is 9.74. The predicted octanol–water partition coefficient (Wildman–Crippen LogP) is 4.89. The molecule has 0 aliphatic heterocycles. The van der Waals surface area contributed by atoms with Gasteiger partial charge in [0.05, 0.1) is 17.4 Å². The van der Waals surface area contributed by atoms with Gasteiger partial charge in [0.2, 0.25) is 0 Å². The molecule has 0 aromatic heterocycles. The lowest BCUT2D eigenvalue weighted by Crippen LogP contribution is -2.16. The van der Waals surface area contributed by atoms with Crippen molar-refractivity contribution in [2.24, 2.45) is 5.16 Å². The fourth-order valence-electron chi connectivity index (χ4n) is 2.88. The molecule has 0 bridgehead atoms. The lowest BCUT2D eigenvalue weighted by atomic mass is 10.1. The largest absolute Gasteiger partial charge is 0.491 e. The zero-order valence-electron chi connectivity index (χ0n) is 20.5. The number of unbranched alkanes of at least 4 members (excludes halogenated alkanes) is 1. The van der Waals surface area contributed by atoms with Crippen molar-refractivity contribution in [3.63, 3.8) is 0 Å². The van der Waals surface area contributed by atoms with Crippen LogP contribution in [0.3, 0.4) is 0 Å². The summed E-state index contributed by atoms with van der Waals surface area (Å²) in [5.74, 6) is -0.389. The Bertz CT molecular complexity index is 1110. The molecule has 0 radical (unpaired) electrons. The molecule has 0 spiro atoms. The Morgan fingerprint density at radius 1 is 1.00 bits per heavy atom. The van der Waals surface area contributed by atoms with Gasteiger partial charge in [-0.1, -0.05) is 37.6 Å². The summed E-state index contributed by atoms with van der Waals surface area (Å²) in [6.07, 6.45) is 1.83. The van der Waals surface area contributed by atoms with Crippen molar-refractivity contribution in [3.8, 4) is 17.2 Å². The lowest BCUT2D eigenvalue weighted by molar-refractivity contribution is 0.0695. The molecule has 0 heterocycles. The van der Waals surface area contributed by atoms with E-state index >= 15 is 0 Å². The lowest BCUT2D eigenvalue weighted by Gasteiger charge is -2.14. The molecule has 9 nitrogen and oxygen atoms in total. The molecule has 2 aromatic carbocycles. The zero-order chi connectivity index (χ0) is 25.8. The van der Waals surface area contributed by atoms with E-state index in [4.69, 9.17) is 18.5 Å². The number of oxime groups is 1. The van der Waals surface area contributed by atoms with Gasteiger partial charge in [-0.3, -0.25) is 0 Å². The highest BCUT2D eigenvalue weighted by molar-refractivity contribution is 7.87. The third-order valence-electron chi connectivity index (χ3n) is 4.48. The van der Waals surface area contributed by atoms with Crippen molar-refractivity contribution in [3.05, 3.63) is 53.6 Å². The van der Waals surface area contributed by atoms with Gasteiger partial charge in [0.15, 0.2) is 0 Å². The van der Waals surface area contributed by atoms with Crippen molar-refractivity contribution in [2.75, 3.05) is 19.0 Å². The number of hydrogen-bond donors (Lipinski definition) is 1. The minimum atomic E-state index is -3.72. The van der Waals surface area contributed by atoms with Crippen LogP contribution in [0.4, 0.5) is 0 Å². The molecule has 0 unspecified atom stereocenters. The molecular weight excluding hydrogens is 474 g/mol. The van der Waals surface area contributed by atoms with Crippen LogP contribution in [0, 0.1) is 0 Å². The molecular formula is C25H33NO8S. The van der Waals surface area contributed by atoms with Crippen LogP contribution in [0.1, 0.15) is 62.9 Å². The summed E-state index contributed by atoms with van der Waals surface area (Å²) in [7, 11) is -3.72. The number of aromatic carboxylic acids is 1. The maximum Gasteiger partial charge on any atom is 0.335 e. The van der Waals surface area contributed by atoms with Crippen molar-refractivity contribution in [2.45, 2.75) is 53.1 Å². The van der Waals surface area contributed by atoms with E-state index in [2.05, 4.69) is 5.16 Å². The van der Waals surface area contributed by atoms with Crippen molar-refractivity contribution >= 4 is 21.8 Å². The van der Waals surface area contributed by atoms with Crippen molar-refractivity contribution in [1.82, 2.24) is 0 Å². The van der Waals surface area contributed by atoms with Crippen LogP contribution in [0.15, 0.2) is 47.6 Å². The molecule has 0 amide bonds. The standard InChI is InChI=1S/C25H33NO8S/c1-5-7-12-35(29,30)34-21-10-8-9-19(13-21)24(26-32-11-6-2)17-31-22-14-20(25(27)28)15-23(16-22)33-18(3)4/h8-10,13-16,18H,5-7,11-12,17H2,1-4H3,(H,27,28)/b26-24+. The molecule has 0 aliphatic rings. The van der Waals surface area contributed by atoms with Crippen LogP contribution >= 0.6 is 0 Å². The molecule has 10 heteroatoms. The van der Waals surface area contributed by atoms with E-state index in [1.54, 1.807) is 30.3 Å². The fourth-order valence-corrected chi connectivity index (χ4v) is 4.01. The molecule has 0 saturated carbocycles. The fraction of sp³-hybridized carbons (Fsp3) is 0.440. The average molecular weight is 508 g/mol. The highest BCUT2D eigenvalue weighted by Gasteiger charge is 2.15. The second kappa shape index (κ2) is 13.6. The number of hydrogen-bond acceptors (Lipinski definition) is 8. The number of ether oxygens (including phenoxy) is 2. The molecule has 0 atom stereocenters. The smallest absolute Gasteiger partial charge is 0.335 e. The van der Waals surface area contributed by atoms with Crippen LogP contribution in [0.25, 0.3) is 0 Å². The molecule has 192 valence electrons. The van der Waals surface area contributed by atoms with Crippen LogP contribution in [-0.2, 0) is 15.0 Å². The van der Waals surface area contributed by atoms with Crippen LogP contribution in [-0.4, -0.2) is 50.3 Å².